The minimum absolute atomic E-state index is 0.00463. The lowest BCUT2D eigenvalue weighted by atomic mass is 9.66. The second-order valence-electron chi connectivity index (χ2n) is 5.05. The van der Waals surface area contributed by atoms with E-state index in [-0.39, 0.29) is 5.92 Å². The number of rotatable bonds is 5. The van der Waals surface area contributed by atoms with E-state index < -0.39 is 11.4 Å². The zero-order valence-electron chi connectivity index (χ0n) is 11.4. The summed E-state index contributed by atoms with van der Waals surface area (Å²) in [6.07, 6.45) is 1.22. The van der Waals surface area contributed by atoms with E-state index in [1.807, 2.05) is 31.2 Å². The molecule has 1 N–H and O–H groups in total. The van der Waals surface area contributed by atoms with Crippen LogP contribution < -0.4 is 4.74 Å². The molecule has 1 aliphatic rings. The number of carboxylic acid groups (broad SMARTS) is 1. The van der Waals surface area contributed by atoms with E-state index in [0.717, 1.165) is 12.0 Å². The van der Waals surface area contributed by atoms with Gasteiger partial charge in [0.15, 0.2) is 0 Å². The molecule has 0 aliphatic carbocycles. The van der Waals surface area contributed by atoms with Gasteiger partial charge in [-0.05, 0) is 18.4 Å². The molecule has 0 bridgehead atoms. The third-order valence-corrected chi connectivity index (χ3v) is 4.10. The van der Waals surface area contributed by atoms with E-state index in [0.29, 0.717) is 25.4 Å². The van der Waals surface area contributed by atoms with Crippen LogP contribution in [0.3, 0.4) is 0 Å². The van der Waals surface area contributed by atoms with Gasteiger partial charge in [-0.15, -0.1) is 0 Å². The zero-order valence-corrected chi connectivity index (χ0v) is 11.4. The van der Waals surface area contributed by atoms with Gasteiger partial charge in [0.25, 0.3) is 0 Å². The van der Waals surface area contributed by atoms with E-state index in [4.69, 9.17) is 9.47 Å². The lowest BCUT2D eigenvalue weighted by Gasteiger charge is -2.39. The van der Waals surface area contributed by atoms with Crippen LogP contribution in [0.1, 0.15) is 25.3 Å². The Balaban J connectivity index is 2.43. The summed E-state index contributed by atoms with van der Waals surface area (Å²) in [6.45, 7) is 3.00. The van der Waals surface area contributed by atoms with Crippen molar-refractivity contribution in [3.63, 3.8) is 0 Å². The molecule has 4 nitrogen and oxygen atoms in total. The molecular formula is C15H20O4. The van der Waals surface area contributed by atoms with E-state index in [9.17, 15) is 9.90 Å². The first-order valence-corrected chi connectivity index (χ1v) is 6.57. The minimum Gasteiger partial charge on any atom is -0.493 e. The lowest BCUT2D eigenvalue weighted by Crippen LogP contribution is -2.46. The Kier molecular flexibility index (Phi) is 4.10. The van der Waals surface area contributed by atoms with Gasteiger partial charge in [0.2, 0.25) is 0 Å². The van der Waals surface area contributed by atoms with Crippen molar-refractivity contribution >= 4 is 5.97 Å². The zero-order chi connectivity index (χ0) is 13.9. The molecular weight excluding hydrogens is 244 g/mol. The third-order valence-electron chi connectivity index (χ3n) is 4.10. The fourth-order valence-corrected chi connectivity index (χ4v) is 2.90. The summed E-state index contributed by atoms with van der Waals surface area (Å²) in [5.74, 6) is -0.0812. The van der Waals surface area contributed by atoms with Crippen molar-refractivity contribution in [2.45, 2.75) is 25.2 Å². The Labute approximate surface area is 113 Å². The van der Waals surface area contributed by atoms with Gasteiger partial charge in [0, 0.05) is 25.7 Å². The Morgan fingerprint density at radius 3 is 2.95 bits per heavy atom. The van der Waals surface area contributed by atoms with Crippen molar-refractivity contribution in [1.82, 2.24) is 0 Å². The van der Waals surface area contributed by atoms with Crippen LogP contribution in [-0.4, -0.2) is 31.4 Å². The molecule has 0 spiro atoms. The maximum atomic E-state index is 11.9. The highest BCUT2D eigenvalue weighted by Gasteiger charge is 2.48. The van der Waals surface area contributed by atoms with Crippen LogP contribution in [0.25, 0.3) is 0 Å². The highest BCUT2D eigenvalue weighted by Crippen LogP contribution is 2.45. The molecule has 0 aromatic heterocycles. The van der Waals surface area contributed by atoms with Crippen LogP contribution in [-0.2, 0) is 14.9 Å². The Bertz CT molecular complexity index is 457. The molecule has 0 amide bonds. The highest BCUT2D eigenvalue weighted by molar-refractivity contribution is 5.83. The highest BCUT2D eigenvalue weighted by atomic mass is 16.5. The van der Waals surface area contributed by atoms with Crippen molar-refractivity contribution in [2.24, 2.45) is 5.92 Å². The monoisotopic (exact) mass is 264 g/mol. The molecule has 2 atom stereocenters. The van der Waals surface area contributed by atoms with Crippen molar-refractivity contribution in [3.05, 3.63) is 29.8 Å². The van der Waals surface area contributed by atoms with Crippen LogP contribution in [0.15, 0.2) is 24.3 Å². The van der Waals surface area contributed by atoms with Gasteiger partial charge in [-0.1, -0.05) is 25.1 Å². The van der Waals surface area contributed by atoms with Crippen LogP contribution >= 0.6 is 0 Å². The van der Waals surface area contributed by atoms with Crippen molar-refractivity contribution in [3.8, 4) is 5.75 Å². The van der Waals surface area contributed by atoms with Gasteiger partial charge in [-0.3, -0.25) is 4.79 Å². The summed E-state index contributed by atoms with van der Waals surface area (Å²) in [4.78, 5) is 11.9. The Hall–Kier alpha value is -1.55. The molecule has 0 saturated heterocycles. The largest absolute Gasteiger partial charge is 0.493 e. The maximum absolute atomic E-state index is 11.9. The molecule has 2 rings (SSSR count). The number of hydrogen-bond donors (Lipinski definition) is 1. The predicted molar refractivity (Wildman–Crippen MR) is 71.5 cm³/mol. The SMILES string of the molecule is COCCC(C)C1(C(=O)O)CCOc2ccccc21. The second-order valence-corrected chi connectivity index (χ2v) is 5.05. The smallest absolute Gasteiger partial charge is 0.314 e. The fraction of sp³-hybridized carbons (Fsp3) is 0.533. The molecule has 1 aromatic carbocycles. The number of benzene rings is 1. The quantitative estimate of drug-likeness (QED) is 0.887. The van der Waals surface area contributed by atoms with Crippen molar-refractivity contribution in [2.75, 3.05) is 20.3 Å². The summed E-state index contributed by atoms with van der Waals surface area (Å²) in [7, 11) is 1.64. The number of fused-ring (bicyclic) bond motifs is 1. The molecule has 104 valence electrons. The van der Waals surface area contributed by atoms with Gasteiger partial charge >= 0.3 is 5.97 Å². The Morgan fingerprint density at radius 1 is 1.53 bits per heavy atom. The van der Waals surface area contributed by atoms with E-state index >= 15 is 0 Å². The first kappa shape index (κ1) is 13.9. The van der Waals surface area contributed by atoms with Gasteiger partial charge in [0.1, 0.15) is 11.2 Å². The van der Waals surface area contributed by atoms with Crippen molar-refractivity contribution < 1.29 is 19.4 Å². The van der Waals surface area contributed by atoms with E-state index in [2.05, 4.69) is 0 Å². The predicted octanol–water partition coefficient (Wildman–Crippen LogP) is 2.46. The normalized spacial score (nSPS) is 23.3. The second kappa shape index (κ2) is 5.61. The first-order chi connectivity index (χ1) is 9.13. The minimum atomic E-state index is -0.868. The summed E-state index contributed by atoms with van der Waals surface area (Å²) in [6, 6.07) is 7.45. The molecule has 1 aliphatic heterocycles. The number of ether oxygens (including phenoxy) is 2. The van der Waals surface area contributed by atoms with Gasteiger partial charge < -0.3 is 14.6 Å². The fourth-order valence-electron chi connectivity index (χ4n) is 2.90. The van der Waals surface area contributed by atoms with Crippen molar-refractivity contribution in [1.29, 1.82) is 0 Å². The van der Waals surface area contributed by atoms with Crippen LogP contribution in [0, 0.1) is 5.92 Å². The number of carboxylic acids is 1. The summed E-state index contributed by atoms with van der Waals surface area (Å²) in [5.41, 5.74) is -0.0785. The van der Waals surface area contributed by atoms with E-state index in [1.165, 1.54) is 0 Å². The summed E-state index contributed by atoms with van der Waals surface area (Å²) >= 11 is 0. The number of carbonyl (C=O) groups is 1. The van der Waals surface area contributed by atoms with Gasteiger partial charge in [-0.25, -0.2) is 0 Å². The number of methoxy groups -OCH3 is 1. The van der Waals surface area contributed by atoms with Crippen LogP contribution in [0.2, 0.25) is 0 Å². The average Bonchev–Trinajstić information content (AvgIpc) is 2.43. The van der Waals surface area contributed by atoms with Crippen LogP contribution in [0.4, 0.5) is 0 Å². The first-order valence-electron chi connectivity index (χ1n) is 6.57. The number of hydrogen-bond acceptors (Lipinski definition) is 3. The number of aliphatic carboxylic acids is 1. The molecule has 1 heterocycles. The summed E-state index contributed by atoms with van der Waals surface area (Å²) < 4.78 is 10.7. The molecule has 0 saturated carbocycles. The van der Waals surface area contributed by atoms with Gasteiger partial charge in [0.05, 0.1) is 6.61 Å². The molecule has 19 heavy (non-hydrogen) atoms. The molecule has 2 unspecified atom stereocenters. The average molecular weight is 264 g/mol. The lowest BCUT2D eigenvalue weighted by molar-refractivity contribution is -0.148. The topological polar surface area (TPSA) is 55.8 Å². The van der Waals surface area contributed by atoms with Gasteiger partial charge in [-0.2, -0.15) is 0 Å². The Morgan fingerprint density at radius 2 is 2.26 bits per heavy atom. The standard InChI is InChI=1S/C15H20O4/c1-11(7-9-18-2)15(14(16)17)8-10-19-13-6-4-3-5-12(13)15/h3-6,11H,7-10H2,1-2H3,(H,16,17). The maximum Gasteiger partial charge on any atom is 0.314 e. The molecule has 0 radical (unpaired) electrons. The van der Waals surface area contributed by atoms with Crippen LogP contribution in [0.5, 0.6) is 5.75 Å². The molecule has 4 heteroatoms. The van der Waals surface area contributed by atoms with E-state index in [1.54, 1.807) is 7.11 Å². The number of para-hydroxylation sites is 1. The molecule has 0 fully saturated rings. The summed E-state index contributed by atoms with van der Waals surface area (Å²) in [5, 5.41) is 9.81. The third kappa shape index (κ3) is 2.32. The molecule has 1 aromatic rings.